The predicted molar refractivity (Wildman–Crippen MR) is 90.7 cm³/mol. The summed E-state index contributed by atoms with van der Waals surface area (Å²) in [5.74, 6) is -0.0106. The topological polar surface area (TPSA) is 60.2 Å². The summed E-state index contributed by atoms with van der Waals surface area (Å²) in [6.45, 7) is 0.509. The molecular weight excluding hydrogens is 367 g/mol. The van der Waals surface area contributed by atoms with Gasteiger partial charge in [-0.05, 0) is 31.0 Å². The van der Waals surface area contributed by atoms with Crippen molar-refractivity contribution in [3.63, 3.8) is 0 Å². The van der Waals surface area contributed by atoms with Gasteiger partial charge in [-0.3, -0.25) is 0 Å². The summed E-state index contributed by atoms with van der Waals surface area (Å²) in [6.07, 6.45) is -4.06. The van der Waals surface area contributed by atoms with Crippen LogP contribution in [0.4, 0.5) is 19.0 Å². The Kier molecular flexibility index (Phi) is 4.82. The number of piperidine rings is 1. The Morgan fingerprint density at radius 2 is 1.81 bits per heavy atom. The first kappa shape index (κ1) is 18.5. The van der Waals surface area contributed by atoms with Gasteiger partial charge in [0.2, 0.25) is 0 Å². The molecular formula is C18H15ClF3N3O. The van der Waals surface area contributed by atoms with Gasteiger partial charge >= 0.3 is 6.18 Å². The molecule has 1 saturated heterocycles. The molecule has 1 fully saturated rings. The van der Waals surface area contributed by atoms with E-state index in [1.165, 1.54) is 0 Å². The van der Waals surface area contributed by atoms with Gasteiger partial charge in [0, 0.05) is 23.7 Å². The summed E-state index contributed by atoms with van der Waals surface area (Å²) in [5, 5.41) is 20.6. The lowest BCUT2D eigenvalue weighted by atomic mass is 9.84. The van der Waals surface area contributed by atoms with Gasteiger partial charge in [-0.15, -0.1) is 0 Å². The van der Waals surface area contributed by atoms with E-state index in [-0.39, 0.29) is 37.3 Å². The number of hydrogen-bond acceptors (Lipinski definition) is 4. The van der Waals surface area contributed by atoms with E-state index in [0.717, 1.165) is 12.1 Å². The average Bonchev–Trinajstić information content (AvgIpc) is 2.61. The van der Waals surface area contributed by atoms with Crippen LogP contribution in [0.5, 0.6) is 0 Å². The van der Waals surface area contributed by atoms with Gasteiger partial charge < -0.3 is 10.0 Å². The fourth-order valence-electron chi connectivity index (χ4n) is 3.13. The first-order valence-electron chi connectivity index (χ1n) is 7.95. The maximum Gasteiger partial charge on any atom is 0.433 e. The Bertz CT molecular complexity index is 855. The SMILES string of the molecule is N#Cc1ccc(C(F)(F)F)nc1N1CCC(O)(c2ccccc2Cl)CC1. The molecule has 0 saturated carbocycles. The molecule has 0 bridgehead atoms. The molecule has 1 N–H and O–H groups in total. The van der Waals surface area contributed by atoms with E-state index < -0.39 is 17.5 Å². The van der Waals surface area contributed by atoms with Gasteiger partial charge in [-0.1, -0.05) is 29.8 Å². The Labute approximate surface area is 153 Å². The summed E-state index contributed by atoms with van der Waals surface area (Å²) in [4.78, 5) is 5.24. The molecule has 26 heavy (non-hydrogen) atoms. The third-order valence-corrected chi connectivity index (χ3v) is 4.88. The van der Waals surface area contributed by atoms with Crippen LogP contribution in [0.15, 0.2) is 36.4 Å². The Hall–Kier alpha value is -2.30. The Morgan fingerprint density at radius 1 is 1.15 bits per heavy atom. The maximum atomic E-state index is 12.9. The zero-order chi connectivity index (χ0) is 18.9. The predicted octanol–water partition coefficient (Wildman–Crippen LogP) is 4.11. The molecule has 2 heterocycles. The van der Waals surface area contributed by atoms with Gasteiger partial charge in [0.05, 0.1) is 11.2 Å². The number of halogens is 4. The van der Waals surface area contributed by atoms with E-state index in [1.807, 2.05) is 6.07 Å². The summed E-state index contributed by atoms with van der Waals surface area (Å²) in [7, 11) is 0. The minimum atomic E-state index is -4.59. The summed E-state index contributed by atoms with van der Waals surface area (Å²) >= 11 is 6.17. The van der Waals surface area contributed by atoms with Gasteiger partial charge in [0.1, 0.15) is 17.6 Å². The molecule has 0 aliphatic carbocycles. The van der Waals surface area contributed by atoms with E-state index >= 15 is 0 Å². The van der Waals surface area contributed by atoms with Crippen LogP contribution in [-0.4, -0.2) is 23.2 Å². The standard InChI is InChI=1S/C18H15ClF3N3O/c19-14-4-2-1-3-13(14)17(26)7-9-25(10-8-17)16-12(11-23)5-6-15(24-16)18(20,21)22/h1-6,26H,7-10H2. The largest absolute Gasteiger partial charge is 0.433 e. The highest BCUT2D eigenvalue weighted by molar-refractivity contribution is 6.31. The lowest BCUT2D eigenvalue weighted by Crippen LogP contribution is -2.43. The number of aromatic nitrogens is 1. The fourth-order valence-corrected chi connectivity index (χ4v) is 3.44. The van der Waals surface area contributed by atoms with E-state index in [4.69, 9.17) is 11.6 Å². The molecule has 8 heteroatoms. The number of rotatable bonds is 2. The van der Waals surface area contributed by atoms with Crippen molar-refractivity contribution in [2.24, 2.45) is 0 Å². The second-order valence-electron chi connectivity index (χ2n) is 6.18. The summed E-state index contributed by atoms with van der Waals surface area (Å²) < 4.78 is 38.8. The van der Waals surface area contributed by atoms with Crippen molar-refractivity contribution in [2.75, 3.05) is 18.0 Å². The number of hydrogen-bond donors (Lipinski definition) is 1. The van der Waals surface area contributed by atoms with E-state index in [0.29, 0.717) is 10.6 Å². The summed E-state index contributed by atoms with van der Waals surface area (Å²) in [6, 6.07) is 10.8. The van der Waals surface area contributed by atoms with Gasteiger partial charge in [-0.25, -0.2) is 4.98 Å². The van der Waals surface area contributed by atoms with Crippen molar-refractivity contribution in [3.8, 4) is 6.07 Å². The van der Waals surface area contributed by atoms with E-state index in [1.54, 1.807) is 29.2 Å². The molecule has 0 unspecified atom stereocenters. The zero-order valence-electron chi connectivity index (χ0n) is 13.6. The molecule has 2 aromatic rings. The second-order valence-corrected chi connectivity index (χ2v) is 6.58. The number of anilines is 1. The molecule has 3 rings (SSSR count). The van der Waals surface area contributed by atoms with Crippen molar-refractivity contribution in [1.29, 1.82) is 5.26 Å². The number of nitriles is 1. The third-order valence-electron chi connectivity index (χ3n) is 4.55. The third kappa shape index (κ3) is 3.48. The summed E-state index contributed by atoms with van der Waals surface area (Å²) in [5.41, 5.74) is -1.54. The molecule has 0 spiro atoms. The molecule has 136 valence electrons. The number of alkyl halides is 3. The van der Waals surface area contributed by atoms with Gasteiger partial charge in [-0.2, -0.15) is 18.4 Å². The first-order valence-corrected chi connectivity index (χ1v) is 8.33. The molecule has 0 radical (unpaired) electrons. The highest BCUT2D eigenvalue weighted by atomic mass is 35.5. The van der Waals surface area contributed by atoms with Crippen LogP contribution in [0.1, 0.15) is 29.7 Å². The highest BCUT2D eigenvalue weighted by Gasteiger charge is 2.38. The van der Waals surface area contributed by atoms with Crippen LogP contribution in [0.3, 0.4) is 0 Å². The number of benzene rings is 1. The van der Waals surface area contributed by atoms with Crippen molar-refractivity contribution >= 4 is 17.4 Å². The Balaban J connectivity index is 1.86. The molecule has 1 aromatic carbocycles. The molecule has 1 aliphatic rings. The number of nitrogens with zero attached hydrogens (tertiary/aromatic N) is 3. The minimum Gasteiger partial charge on any atom is -0.385 e. The number of aliphatic hydroxyl groups is 1. The molecule has 4 nitrogen and oxygen atoms in total. The fraction of sp³-hybridized carbons (Fsp3) is 0.333. The van der Waals surface area contributed by atoms with Crippen LogP contribution in [0, 0.1) is 11.3 Å². The van der Waals surface area contributed by atoms with Crippen LogP contribution >= 0.6 is 11.6 Å². The smallest absolute Gasteiger partial charge is 0.385 e. The van der Waals surface area contributed by atoms with Crippen LogP contribution in [-0.2, 0) is 11.8 Å². The van der Waals surface area contributed by atoms with Gasteiger partial charge in [0.25, 0.3) is 0 Å². The lowest BCUT2D eigenvalue weighted by molar-refractivity contribution is -0.141. The molecule has 0 amide bonds. The van der Waals surface area contributed by atoms with E-state index in [2.05, 4.69) is 4.98 Å². The lowest BCUT2D eigenvalue weighted by Gasteiger charge is -2.39. The maximum absolute atomic E-state index is 12.9. The van der Waals surface area contributed by atoms with Crippen molar-refractivity contribution in [2.45, 2.75) is 24.6 Å². The quantitative estimate of drug-likeness (QED) is 0.850. The van der Waals surface area contributed by atoms with Crippen molar-refractivity contribution in [3.05, 3.63) is 58.2 Å². The number of pyridine rings is 1. The van der Waals surface area contributed by atoms with Crippen LogP contribution in [0.2, 0.25) is 5.02 Å². The monoisotopic (exact) mass is 381 g/mol. The first-order chi connectivity index (χ1) is 12.2. The van der Waals surface area contributed by atoms with Crippen molar-refractivity contribution in [1.82, 2.24) is 4.98 Å². The van der Waals surface area contributed by atoms with Crippen LogP contribution < -0.4 is 4.90 Å². The minimum absolute atomic E-state index is 0.0106. The second kappa shape index (κ2) is 6.78. The van der Waals surface area contributed by atoms with Crippen LogP contribution in [0.25, 0.3) is 0 Å². The molecule has 1 aliphatic heterocycles. The average molecular weight is 382 g/mol. The van der Waals surface area contributed by atoms with E-state index in [9.17, 15) is 23.5 Å². The Morgan fingerprint density at radius 3 is 2.38 bits per heavy atom. The molecule has 1 aromatic heterocycles. The van der Waals surface area contributed by atoms with Crippen molar-refractivity contribution < 1.29 is 18.3 Å². The zero-order valence-corrected chi connectivity index (χ0v) is 14.3. The highest BCUT2D eigenvalue weighted by Crippen LogP contribution is 2.38. The normalized spacial score (nSPS) is 17.0. The molecule has 0 atom stereocenters. The van der Waals surface area contributed by atoms with Gasteiger partial charge in [0.15, 0.2) is 0 Å².